The number of rotatable bonds is 3. The van der Waals surface area contributed by atoms with E-state index in [2.05, 4.69) is 21.0 Å². The number of benzene rings is 1. The molecule has 2 aromatic rings. The average Bonchev–Trinajstić information content (AvgIpc) is 2.61. The van der Waals surface area contributed by atoms with E-state index in [4.69, 9.17) is 5.11 Å². The maximum atomic E-state index is 11.9. The molecule has 0 unspecified atom stereocenters. The summed E-state index contributed by atoms with van der Waals surface area (Å²) in [6.45, 7) is -0.0222. The highest BCUT2D eigenvalue weighted by Crippen LogP contribution is 2.13. The van der Waals surface area contributed by atoms with Crippen LogP contribution in [-0.2, 0) is 6.42 Å². The molecule has 84 valence electrons. The SMILES string of the molecule is O=c1c(CCO)c[nH]n1-c1cccc(Br)c1. The number of aliphatic hydroxyl groups is 1. The number of H-pyrrole nitrogens is 1. The Kier molecular flexibility index (Phi) is 3.26. The van der Waals surface area contributed by atoms with Gasteiger partial charge in [-0.05, 0) is 18.2 Å². The Hall–Kier alpha value is -1.33. The summed E-state index contributed by atoms with van der Waals surface area (Å²) in [5.74, 6) is 0. The molecule has 2 N–H and O–H groups in total. The summed E-state index contributed by atoms with van der Waals surface area (Å²) in [7, 11) is 0. The number of hydrogen-bond donors (Lipinski definition) is 2. The van der Waals surface area contributed by atoms with E-state index in [1.54, 1.807) is 6.20 Å². The summed E-state index contributed by atoms with van der Waals surface area (Å²) in [6.07, 6.45) is 2.00. The Balaban J connectivity index is 2.45. The minimum absolute atomic E-state index is 0.0222. The number of aromatic nitrogens is 2. The molecule has 0 aliphatic carbocycles. The van der Waals surface area contributed by atoms with Crippen molar-refractivity contribution < 1.29 is 5.11 Å². The molecule has 0 fully saturated rings. The number of aliphatic hydroxyl groups excluding tert-OH is 1. The number of hydrogen-bond acceptors (Lipinski definition) is 2. The Morgan fingerprint density at radius 1 is 1.44 bits per heavy atom. The highest BCUT2D eigenvalue weighted by molar-refractivity contribution is 9.10. The van der Waals surface area contributed by atoms with Crippen molar-refractivity contribution >= 4 is 15.9 Å². The molecule has 2 rings (SSSR count). The molecule has 1 heterocycles. The van der Waals surface area contributed by atoms with Gasteiger partial charge >= 0.3 is 0 Å². The molecule has 1 aromatic carbocycles. The van der Waals surface area contributed by atoms with Crippen LogP contribution in [0.25, 0.3) is 5.69 Å². The van der Waals surface area contributed by atoms with Gasteiger partial charge in [0, 0.05) is 29.3 Å². The quantitative estimate of drug-likeness (QED) is 0.896. The molecule has 0 aliphatic rings. The van der Waals surface area contributed by atoms with Gasteiger partial charge in [-0.1, -0.05) is 22.0 Å². The zero-order valence-corrected chi connectivity index (χ0v) is 10.1. The van der Waals surface area contributed by atoms with Crippen molar-refractivity contribution in [3.05, 3.63) is 50.9 Å². The van der Waals surface area contributed by atoms with Crippen molar-refractivity contribution in [3.8, 4) is 5.69 Å². The molecular weight excluding hydrogens is 272 g/mol. The molecule has 0 saturated heterocycles. The van der Waals surface area contributed by atoms with Crippen LogP contribution < -0.4 is 5.56 Å². The normalized spacial score (nSPS) is 10.6. The van der Waals surface area contributed by atoms with Gasteiger partial charge in [0.05, 0.1) is 5.69 Å². The zero-order valence-electron chi connectivity index (χ0n) is 8.48. The molecule has 0 amide bonds. The van der Waals surface area contributed by atoms with Crippen LogP contribution in [0.15, 0.2) is 39.7 Å². The fourth-order valence-electron chi connectivity index (χ4n) is 1.51. The first-order valence-corrected chi connectivity index (χ1v) is 5.68. The lowest BCUT2D eigenvalue weighted by atomic mass is 10.2. The van der Waals surface area contributed by atoms with E-state index in [1.807, 2.05) is 24.3 Å². The standard InChI is InChI=1S/C11H11BrN2O2/c12-9-2-1-3-10(6-9)14-11(16)8(4-5-15)7-13-14/h1-3,6-7,13,15H,4-5H2. The Morgan fingerprint density at radius 2 is 2.25 bits per heavy atom. The predicted octanol–water partition coefficient (Wildman–Crippen LogP) is 1.46. The van der Waals surface area contributed by atoms with Crippen LogP contribution in [0.2, 0.25) is 0 Å². The molecule has 0 bridgehead atoms. The number of halogens is 1. The Morgan fingerprint density at radius 3 is 2.94 bits per heavy atom. The largest absolute Gasteiger partial charge is 0.396 e. The van der Waals surface area contributed by atoms with Crippen molar-refractivity contribution in [2.75, 3.05) is 6.61 Å². The van der Waals surface area contributed by atoms with E-state index in [9.17, 15) is 4.79 Å². The maximum Gasteiger partial charge on any atom is 0.274 e. The second-order valence-electron chi connectivity index (χ2n) is 3.39. The first kappa shape index (κ1) is 11.2. The van der Waals surface area contributed by atoms with Gasteiger partial charge in [-0.15, -0.1) is 0 Å². The monoisotopic (exact) mass is 282 g/mol. The molecule has 0 radical (unpaired) electrons. The maximum absolute atomic E-state index is 11.9. The topological polar surface area (TPSA) is 58.0 Å². The van der Waals surface area contributed by atoms with Gasteiger partial charge < -0.3 is 5.11 Å². The van der Waals surface area contributed by atoms with Crippen LogP contribution in [0.3, 0.4) is 0 Å². The average molecular weight is 283 g/mol. The summed E-state index contributed by atoms with van der Waals surface area (Å²) in [4.78, 5) is 11.9. The van der Waals surface area contributed by atoms with Gasteiger partial charge in [0.1, 0.15) is 0 Å². The lowest BCUT2D eigenvalue weighted by Crippen LogP contribution is -2.17. The lowest BCUT2D eigenvalue weighted by Gasteiger charge is -2.01. The van der Waals surface area contributed by atoms with Crippen LogP contribution >= 0.6 is 15.9 Å². The van der Waals surface area contributed by atoms with Crippen molar-refractivity contribution in [2.45, 2.75) is 6.42 Å². The minimum Gasteiger partial charge on any atom is -0.396 e. The molecule has 0 atom stereocenters. The van der Waals surface area contributed by atoms with Gasteiger partial charge in [-0.3, -0.25) is 9.89 Å². The summed E-state index contributed by atoms with van der Waals surface area (Å²) in [6, 6.07) is 7.44. The number of nitrogens with one attached hydrogen (secondary N) is 1. The third-order valence-electron chi connectivity index (χ3n) is 2.29. The van der Waals surface area contributed by atoms with Gasteiger partial charge in [0.15, 0.2) is 0 Å². The molecule has 0 saturated carbocycles. The predicted molar refractivity (Wildman–Crippen MR) is 64.9 cm³/mol. The van der Waals surface area contributed by atoms with Crippen LogP contribution in [0.1, 0.15) is 5.56 Å². The Labute approximate surface area is 101 Å². The van der Waals surface area contributed by atoms with E-state index >= 15 is 0 Å². The third kappa shape index (κ3) is 2.10. The van der Waals surface area contributed by atoms with Crippen molar-refractivity contribution in [2.24, 2.45) is 0 Å². The lowest BCUT2D eigenvalue weighted by molar-refractivity contribution is 0.299. The van der Waals surface area contributed by atoms with Gasteiger partial charge in [0.25, 0.3) is 5.56 Å². The van der Waals surface area contributed by atoms with Crippen molar-refractivity contribution in [1.82, 2.24) is 9.78 Å². The fraction of sp³-hybridized carbons (Fsp3) is 0.182. The van der Waals surface area contributed by atoms with Crippen LogP contribution in [0.5, 0.6) is 0 Å². The van der Waals surface area contributed by atoms with Crippen LogP contribution in [0, 0.1) is 0 Å². The molecule has 4 nitrogen and oxygen atoms in total. The van der Waals surface area contributed by atoms with E-state index in [0.717, 1.165) is 10.2 Å². The second kappa shape index (κ2) is 4.67. The zero-order chi connectivity index (χ0) is 11.5. The number of nitrogens with zero attached hydrogens (tertiary/aromatic N) is 1. The fourth-order valence-corrected chi connectivity index (χ4v) is 1.90. The molecule has 16 heavy (non-hydrogen) atoms. The minimum atomic E-state index is -0.118. The van der Waals surface area contributed by atoms with E-state index < -0.39 is 0 Å². The molecule has 5 heteroatoms. The van der Waals surface area contributed by atoms with Gasteiger partial charge in [-0.2, -0.15) is 0 Å². The van der Waals surface area contributed by atoms with E-state index in [1.165, 1.54) is 4.68 Å². The van der Waals surface area contributed by atoms with Gasteiger partial charge in [-0.25, -0.2) is 4.68 Å². The summed E-state index contributed by atoms with van der Waals surface area (Å²) >= 11 is 3.35. The van der Waals surface area contributed by atoms with Crippen LogP contribution in [0.4, 0.5) is 0 Å². The first-order valence-electron chi connectivity index (χ1n) is 4.88. The van der Waals surface area contributed by atoms with Crippen molar-refractivity contribution in [3.63, 3.8) is 0 Å². The smallest absolute Gasteiger partial charge is 0.274 e. The molecule has 1 aromatic heterocycles. The van der Waals surface area contributed by atoms with Crippen LogP contribution in [-0.4, -0.2) is 21.5 Å². The molecule has 0 spiro atoms. The first-order chi connectivity index (χ1) is 7.72. The molecule has 0 aliphatic heterocycles. The Bertz CT molecular complexity index is 545. The van der Waals surface area contributed by atoms with Gasteiger partial charge in [0.2, 0.25) is 0 Å². The molecular formula is C11H11BrN2O2. The third-order valence-corrected chi connectivity index (χ3v) is 2.79. The summed E-state index contributed by atoms with van der Waals surface area (Å²) < 4.78 is 2.37. The van der Waals surface area contributed by atoms with E-state index in [-0.39, 0.29) is 12.2 Å². The highest BCUT2D eigenvalue weighted by atomic mass is 79.9. The highest BCUT2D eigenvalue weighted by Gasteiger charge is 2.06. The number of aromatic amines is 1. The van der Waals surface area contributed by atoms with E-state index in [0.29, 0.717) is 12.0 Å². The summed E-state index contributed by atoms with van der Waals surface area (Å²) in [5, 5.41) is 11.7. The van der Waals surface area contributed by atoms with Crippen molar-refractivity contribution in [1.29, 1.82) is 0 Å². The summed E-state index contributed by atoms with van der Waals surface area (Å²) in [5.41, 5.74) is 1.23. The second-order valence-corrected chi connectivity index (χ2v) is 4.31.